The van der Waals surface area contributed by atoms with Crippen LogP contribution in [0.3, 0.4) is 0 Å². The number of benzene rings is 1. The number of rotatable bonds is 5. The predicted octanol–water partition coefficient (Wildman–Crippen LogP) is 3.10. The third-order valence-electron chi connectivity index (χ3n) is 2.50. The minimum atomic E-state index is -0.209. The summed E-state index contributed by atoms with van der Waals surface area (Å²) in [6, 6.07) is 6.48. The van der Waals surface area contributed by atoms with Crippen LogP contribution >= 0.6 is 11.3 Å². The van der Waals surface area contributed by atoms with Crippen LogP contribution in [0.2, 0.25) is 0 Å². The monoisotopic (exact) mass is 250 g/mol. The van der Waals surface area contributed by atoms with E-state index in [1.807, 2.05) is 7.05 Å². The Morgan fingerprint density at radius 2 is 2.06 bits per heavy atom. The topological polar surface area (TPSA) is 24.9 Å². The Bertz CT molecular complexity index is 465. The fourth-order valence-electron chi connectivity index (χ4n) is 1.59. The third kappa shape index (κ3) is 3.35. The summed E-state index contributed by atoms with van der Waals surface area (Å²) in [6.07, 6.45) is 2.07. The van der Waals surface area contributed by atoms with E-state index in [2.05, 4.69) is 15.7 Å². The Hall–Kier alpha value is -1.26. The molecule has 17 heavy (non-hydrogen) atoms. The zero-order valence-electron chi connectivity index (χ0n) is 9.74. The Labute approximate surface area is 105 Å². The summed E-state index contributed by atoms with van der Waals surface area (Å²) in [5.41, 5.74) is 2.10. The van der Waals surface area contributed by atoms with Gasteiger partial charge in [-0.1, -0.05) is 0 Å². The molecule has 0 aliphatic rings. The molecule has 0 unspecified atom stereocenters. The van der Waals surface area contributed by atoms with Gasteiger partial charge in [0.05, 0.1) is 5.69 Å². The van der Waals surface area contributed by atoms with Crippen LogP contribution in [0, 0.1) is 5.82 Å². The number of hydrogen-bond donors (Lipinski definition) is 1. The highest BCUT2D eigenvalue weighted by molar-refractivity contribution is 7.13. The molecule has 0 bridgehead atoms. The molecule has 0 atom stereocenters. The highest BCUT2D eigenvalue weighted by atomic mass is 32.1. The van der Waals surface area contributed by atoms with Crippen LogP contribution in [0.4, 0.5) is 4.39 Å². The number of hydrogen-bond acceptors (Lipinski definition) is 3. The second kappa shape index (κ2) is 5.89. The van der Waals surface area contributed by atoms with Crippen molar-refractivity contribution in [2.45, 2.75) is 12.8 Å². The van der Waals surface area contributed by atoms with Crippen LogP contribution in [0.15, 0.2) is 29.6 Å². The van der Waals surface area contributed by atoms with Crippen LogP contribution < -0.4 is 5.32 Å². The molecule has 4 heteroatoms. The molecule has 1 N–H and O–H groups in total. The van der Waals surface area contributed by atoms with Gasteiger partial charge in [-0.2, -0.15) is 0 Å². The first-order valence-electron chi connectivity index (χ1n) is 5.64. The van der Waals surface area contributed by atoms with Crippen molar-refractivity contribution in [3.8, 4) is 10.6 Å². The van der Waals surface area contributed by atoms with Gasteiger partial charge in [-0.25, -0.2) is 9.37 Å². The Morgan fingerprint density at radius 1 is 1.29 bits per heavy atom. The van der Waals surface area contributed by atoms with Gasteiger partial charge in [0.25, 0.3) is 0 Å². The van der Waals surface area contributed by atoms with Gasteiger partial charge in [-0.05, 0) is 50.7 Å². The lowest BCUT2D eigenvalue weighted by Crippen LogP contribution is -2.08. The van der Waals surface area contributed by atoms with E-state index >= 15 is 0 Å². The molecule has 2 aromatic rings. The minimum absolute atomic E-state index is 0.209. The standard InChI is InChI=1S/C13H15FN2S/c1-15-8-2-3-12-9-17-13(16-12)10-4-6-11(14)7-5-10/h4-7,9,15H,2-3,8H2,1H3. The molecule has 0 spiro atoms. The lowest BCUT2D eigenvalue weighted by Gasteiger charge is -1.97. The number of nitrogens with one attached hydrogen (secondary N) is 1. The van der Waals surface area contributed by atoms with Crippen LogP contribution in [-0.2, 0) is 6.42 Å². The summed E-state index contributed by atoms with van der Waals surface area (Å²) < 4.78 is 12.8. The molecule has 0 saturated carbocycles. The second-order valence-electron chi connectivity index (χ2n) is 3.86. The van der Waals surface area contributed by atoms with E-state index < -0.39 is 0 Å². The Balaban J connectivity index is 2.04. The molecule has 0 aliphatic heterocycles. The average molecular weight is 250 g/mol. The van der Waals surface area contributed by atoms with Gasteiger partial charge in [0.2, 0.25) is 0 Å². The van der Waals surface area contributed by atoms with E-state index in [1.165, 1.54) is 12.1 Å². The molecule has 1 aromatic heterocycles. The first-order valence-corrected chi connectivity index (χ1v) is 6.52. The van der Waals surface area contributed by atoms with Crippen molar-refractivity contribution >= 4 is 11.3 Å². The SMILES string of the molecule is CNCCCc1csc(-c2ccc(F)cc2)n1. The van der Waals surface area contributed by atoms with Gasteiger partial charge in [-0.15, -0.1) is 11.3 Å². The van der Waals surface area contributed by atoms with Crippen molar-refractivity contribution in [3.05, 3.63) is 41.2 Å². The molecule has 0 saturated heterocycles. The fourth-order valence-corrected chi connectivity index (χ4v) is 2.45. The van der Waals surface area contributed by atoms with Gasteiger partial charge in [0, 0.05) is 10.9 Å². The molecule has 2 rings (SSSR count). The van der Waals surface area contributed by atoms with Crippen LogP contribution in [0.25, 0.3) is 10.6 Å². The van der Waals surface area contributed by atoms with Gasteiger partial charge >= 0.3 is 0 Å². The molecule has 0 fully saturated rings. The maximum atomic E-state index is 12.8. The van der Waals surface area contributed by atoms with E-state index in [0.717, 1.165) is 35.7 Å². The summed E-state index contributed by atoms with van der Waals surface area (Å²) in [5, 5.41) is 6.16. The van der Waals surface area contributed by atoms with E-state index in [9.17, 15) is 4.39 Å². The van der Waals surface area contributed by atoms with Gasteiger partial charge in [-0.3, -0.25) is 0 Å². The molecule has 2 nitrogen and oxygen atoms in total. The summed E-state index contributed by atoms with van der Waals surface area (Å²) in [5.74, 6) is -0.209. The highest BCUT2D eigenvalue weighted by Crippen LogP contribution is 2.24. The van der Waals surface area contributed by atoms with Crippen LogP contribution in [-0.4, -0.2) is 18.6 Å². The number of aromatic nitrogens is 1. The maximum absolute atomic E-state index is 12.8. The fraction of sp³-hybridized carbons (Fsp3) is 0.308. The Morgan fingerprint density at radius 3 is 2.76 bits per heavy atom. The second-order valence-corrected chi connectivity index (χ2v) is 4.72. The van der Waals surface area contributed by atoms with Crippen LogP contribution in [0.5, 0.6) is 0 Å². The van der Waals surface area contributed by atoms with Crippen molar-refractivity contribution in [1.82, 2.24) is 10.3 Å². The average Bonchev–Trinajstić information content (AvgIpc) is 2.79. The molecular formula is C13H15FN2S. The summed E-state index contributed by atoms with van der Waals surface area (Å²) in [7, 11) is 1.95. The van der Waals surface area contributed by atoms with Gasteiger partial charge in [0.1, 0.15) is 10.8 Å². The van der Waals surface area contributed by atoms with Gasteiger partial charge < -0.3 is 5.32 Å². The minimum Gasteiger partial charge on any atom is -0.320 e. The zero-order valence-corrected chi connectivity index (χ0v) is 10.6. The number of halogens is 1. The smallest absolute Gasteiger partial charge is 0.123 e. The lowest BCUT2D eigenvalue weighted by molar-refractivity contribution is 0.628. The quantitative estimate of drug-likeness (QED) is 0.825. The zero-order chi connectivity index (χ0) is 12.1. The first kappa shape index (κ1) is 12.2. The van der Waals surface area contributed by atoms with E-state index in [-0.39, 0.29) is 5.82 Å². The molecule has 0 aliphatic carbocycles. The van der Waals surface area contributed by atoms with Crippen molar-refractivity contribution < 1.29 is 4.39 Å². The summed E-state index contributed by atoms with van der Waals surface area (Å²) in [6.45, 7) is 1.00. The maximum Gasteiger partial charge on any atom is 0.123 e. The van der Waals surface area contributed by atoms with E-state index in [0.29, 0.717) is 0 Å². The molecule has 1 aromatic carbocycles. The molecule has 1 heterocycles. The lowest BCUT2D eigenvalue weighted by atomic mass is 10.2. The van der Waals surface area contributed by atoms with Crippen molar-refractivity contribution in [2.75, 3.05) is 13.6 Å². The van der Waals surface area contributed by atoms with E-state index in [4.69, 9.17) is 0 Å². The predicted molar refractivity (Wildman–Crippen MR) is 69.8 cm³/mol. The number of aryl methyl sites for hydroxylation is 1. The summed E-state index contributed by atoms with van der Waals surface area (Å²) >= 11 is 1.61. The van der Waals surface area contributed by atoms with Crippen molar-refractivity contribution in [3.63, 3.8) is 0 Å². The molecular weight excluding hydrogens is 235 g/mol. The largest absolute Gasteiger partial charge is 0.320 e. The molecule has 0 radical (unpaired) electrons. The normalized spacial score (nSPS) is 10.7. The number of nitrogens with zero attached hydrogens (tertiary/aromatic N) is 1. The molecule has 0 amide bonds. The van der Waals surface area contributed by atoms with E-state index in [1.54, 1.807) is 23.5 Å². The summed E-state index contributed by atoms with van der Waals surface area (Å²) in [4.78, 5) is 4.55. The highest BCUT2D eigenvalue weighted by Gasteiger charge is 2.04. The molecule has 90 valence electrons. The Kier molecular flexibility index (Phi) is 4.23. The van der Waals surface area contributed by atoms with Crippen molar-refractivity contribution in [2.24, 2.45) is 0 Å². The first-order chi connectivity index (χ1) is 8.29. The van der Waals surface area contributed by atoms with Gasteiger partial charge in [0.15, 0.2) is 0 Å². The number of thiazole rings is 1. The van der Waals surface area contributed by atoms with Crippen molar-refractivity contribution in [1.29, 1.82) is 0 Å². The third-order valence-corrected chi connectivity index (χ3v) is 3.44. The van der Waals surface area contributed by atoms with Crippen LogP contribution in [0.1, 0.15) is 12.1 Å².